The third kappa shape index (κ3) is 0.986. The normalized spacial score (nSPS) is 10.0. The van der Waals surface area contributed by atoms with Crippen molar-refractivity contribution >= 4 is 5.69 Å². The number of aromatic nitrogens is 5. The highest BCUT2D eigenvalue weighted by Crippen LogP contribution is 2.08. The number of nitrogen functional groups attached to an aromatic ring is 1. The highest BCUT2D eigenvalue weighted by molar-refractivity contribution is 5.49. The third-order valence-corrected chi connectivity index (χ3v) is 1.35. The SMILES string of the molecule is Nc1cncnc1-n1cncn1. The smallest absolute Gasteiger partial charge is 0.181 e. The lowest BCUT2D eigenvalue weighted by Gasteiger charge is -2.00. The molecule has 2 aromatic rings. The van der Waals surface area contributed by atoms with Gasteiger partial charge in [-0.15, -0.1) is 0 Å². The summed E-state index contributed by atoms with van der Waals surface area (Å²) < 4.78 is 1.48. The molecule has 6 nitrogen and oxygen atoms in total. The topological polar surface area (TPSA) is 82.5 Å². The van der Waals surface area contributed by atoms with E-state index in [1.165, 1.54) is 29.9 Å². The van der Waals surface area contributed by atoms with Crippen LogP contribution in [0.2, 0.25) is 0 Å². The van der Waals surface area contributed by atoms with Gasteiger partial charge in [0.25, 0.3) is 0 Å². The standard InChI is InChI=1S/C6H6N6/c7-5-1-8-2-10-6(5)12-4-9-3-11-12/h1-4H,7H2. The first-order valence-corrected chi connectivity index (χ1v) is 3.28. The highest BCUT2D eigenvalue weighted by Gasteiger charge is 2.01. The van der Waals surface area contributed by atoms with Crippen molar-refractivity contribution in [3.63, 3.8) is 0 Å². The fraction of sp³-hybridized carbons (Fsp3) is 0. The van der Waals surface area contributed by atoms with E-state index in [-0.39, 0.29) is 0 Å². The molecule has 2 aromatic heterocycles. The van der Waals surface area contributed by atoms with Crippen LogP contribution in [0.3, 0.4) is 0 Å². The van der Waals surface area contributed by atoms with Gasteiger partial charge in [-0.2, -0.15) is 5.10 Å². The maximum atomic E-state index is 5.60. The third-order valence-electron chi connectivity index (χ3n) is 1.35. The lowest BCUT2D eigenvalue weighted by atomic mass is 10.5. The molecule has 2 N–H and O–H groups in total. The van der Waals surface area contributed by atoms with Crippen LogP contribution in [0.1, 0.15) is 0 Å². The molecule has 0 spiro atoms. The van der Waals surface area contributed by atoms with Gasteiger partial charge in [0.2, 0.25) is 0 Å². The van der Waals surface area contributed by atoms with E-state index in [9.17, 15) is 0 Å². The number of anilines is 1. The zero-order chi connectivity index (χ0) is 8.39. The molecule has 0 bridgehead atoms. The Balaban J connectivity index is 2.55. The maximum absolute atomic E-state index is 5.60. The van der Waals surface area contributed by atoms with Crippen LogP contribution >= 0.6 is 0 Å². The van der Waals surface area contributed by atoms with Crippen LogP contribution in [0.25, 0.3) is 5.82 Å². The van der Waals surface area contributed by atoms with Gasteiger partial charge >= 0.3 is 0 Å². The summed E-state index contributed by atoms with van der Waals surface area (Å²) in [5.41, 5.74) is 6.07. The molecular formula is C6H6N6. The molecule has 0 amide bonds. The van der Waals surface area contributed by atoms with Gasteiger partial charge in [-0.1, -0.05) is 0 Å². The molecule has 2 rings (SSSR count). The molecule has 0 saturated carbocycles. The molecule has 0 aromatic carbocycles. The first-order valence-electron chi connectivity index (χ1n) is 3.28. The van der Waals surface area contributed by atoms with Crippen molar-refractivity contribution < 1.29 is 0 Å². The molecule has 2 heterocycles. The van der Waals surface area contributed by atoms with Crippen molar-refractivity contribution in [3.8, 4) is 5.82 Å². The molecule has 0 fully saturated rings. The van der Waals surface area contributed by atoms with E-state index in [2.05, 4.69) is 20.1 Å². The second-order valence-corrected chi connectivity index (χ2v) is 2.14. The maximum Gasteiger partial charge on any atom is 0.181 e. The minimum atomic E-state index is 0.475. The van der Waals surface area contributed by atoms with E-state index in [0.717, 1.165) is 0 Å². The summed E-state index contributed by atoms with van der Waals surface area (Å²) in [6.07, 6.45) is 5.87. The Hall–Kier alpha value is -1.98. The van der Waals surface area contributed by atoms with Crippen molar-refractivity contribution in [2.45, 2.75) is 0 Å². The average Bonchev–Trinajstić information content (AvgIpc) is 2.57. The molecule has 0 aliphatic carbocycles. The van der Waals surface area contributed by atoms with E-state index in [1.807, 2.05) is 0 Å². The van der Waals surface area contributed by atoms with E-state index >= 15 is 0 Å². The molecule has 0 atom stereocenters. The lowest BCUT2D eigenvalue weighted by molar-refractivity contribution is 0.841. The summed E-state index contributed by atoms with van der Waals surface area (Å²) in [5.74, 6) is 0.544. The molecule has 12 heavy (non-hydrogen) atoms. The number of rotatable bonds is 1. The van der Waals surface area contributed by atoms with Crippen molar-refractivity contribution in [1.82, 2.24) is 24.7 Å². The lowest BCUT2D eigenvalue weighted by Crippen LogP contribution is -2.03. The fourth-order valence-electron chi connectivity index (χ4n) is 0.843. The predicted octanol–water partition coefficient (Wildman–Crippen LogP) is -0.360. The van der Waals surface area contributed by atoms with Crippen LogP contribution in [-0.4, -0.2) is 24.7 Å². The summed E-state index contributed by atoms with van der Waals surface area (Å²) in [6, 6.07) is 0. The second-order valence-electron chi connectivity index (χ2n) is 2.14. The van der Waals surface area contributed by atoms with Crippen molar-refractivity contribution in [2.75, 3.05) is 5.73 Å². The monoisotopic (exact) mass is 162 g/mol. The Bertz CT molecular complexity index is 367. The molecular weight excluding hydrogens is 156 g/mol. The molecule has 0 unspecified atom stereocenters. The van der Waals surface area contributed by atoms with Crippen LogP contribution in [-0.2, 0) is 0 Å². The van der Waals surface area contributed by atoms with Crippen LogP contribution in [0.4, 0.5) is 5.69 Å². The average molecular weight is 162 g/mol. The number of hydrogen-bond donors (Lipinski definition) is 1. The van der Waals surface area contributed by atoms with Gasteiger partial charge in [-0.05, 0) is 0 Å². The van der Waals surface area contributed by atoms with Crippen molar-refractivity contribution in [1.29, 1.82) is 0 Å². The van der Waals surface area contributed by atoms with Gasteiger partial charge in [0.05, 0.1) is 11.9 Å². The van der Waals surface area contributed by atoms with Crippen LogP contribution < -0.4 is 5.73 Å². The number of nitrogens with zero attached hydrogens (tertiary/aromatic N) is 5. The number of nitrogens with two attached hydrogens (primary N) is 1. The summed E-state index contributed by atoms with van der Waals surface area (Å²) in [4.78, 5) is 11.5. The van der Waals surface area contributed by atoms with E-state index in [0.29, 0.717) is 11.5 Å². The van der Waals surface area contributed by atoms with Gasteiger partial charge in [0, 0.05) is 0 Å². The fourth-order valence-corrected chi connectivity index (χ4v) is 0.843. The summed E-state index contributed by atoms with van der Waals surface area (Å²) >= 11 is 0. The Morgan fingerprint density at radius 3 is 2.83 bits per heavy atom. The van der Waals surface area contributed by atoms with E-state index < -0.39 is 0 Å². The van der Waals surface area contributed by atoms with Crippen molar-refractivity contribution in [3.05, 3.63) is 25.2 Å². The van der Waals surface area contributed by atoms with Crippen LogP contribution in [0.5, 0.6) is 0 Å². The minimum Gasteiger partial charge on any atom is -0.394 e. The first-order chi connectivity index (χ1) is 5.88. The van der Waals surface area contributed by atoms with Gasteiger partial charge in [-0.3, -0.25) is 0 Å². The summed E-state index contributed by atoms with van der Waals surface area (Å²) in [5, 5.41) is 3.88. The van der Waals surface area contributed by atoms with Crippen LogP contribution in [0, 0.1) is 0 Å². The first kappa shape index (κ1) is 6.71. The molecule has 0 aliphatic rings. The Morgan fingerprint density at radius 1 is 1.25 bits per heavy atom. The minimum absolute atomic E-state index is 0.475. The van der Waals surface area contributed by atoms with E-state index in [1.54, 1.807) is 0 Å². The summed E-state index contributed by atoms with van der Waals surface area (Å²) in [6.45, 7) is 0. The zero-order valence-corrected chi connectivity index (χ0v) is 6.12. The number of hydrogen-bond acceptors (Lipinski definition) is 5. The van der Waals surface area contributed by atoms with Gasteiger partial charge < -0.3 is 5.73 Å². The quantitative estimate of drug-likeness (QED) is 0.619. The molecule has 60 valence electrons. The largest absolute Gasteiger partial charge is 0.394 e. The Morgan fingerprint density at radius 2 is 2.17 bits per heavy atom. The second kappa shape index (κ2) is 2.57. The Labute approximate surface area is 68.1 Å². The molecule has 0 aliphatic heterocycles. The van der Waals surface area contributed by atoms with Crippen LogP contribution in [0.15, 0.2) is 25.2 Å². The van der Waals surface area contributed by atoms with E-state index in [4.69, 9.17) is 5.73 Å². The van der Waals surface area contributed by atoms with Gasteiger partial charge in [0.15, 0.2) is 5.82 Å². The summed E-state index contributed by atoms with van der Waals surface area (Å²) in [7, 11) is 0. The highest BCUT2D eigenvalue weighted by atomic mass is 15.3. The molecule has 0 saturated heterocycles. The van der Waals surface area contributed by atoms with Gasteiger partial charge in [-0.25, -0.2) is 19.6 Å². The predicted molar refractivity (Wildman–Crippen MR) is 41.4 cm³/mol. The van der Waals surface area contributed by atoms with Crippen molar-refractivity contribution in [2.24, 2.45) is 0 Å². The Kier molecular flexibility index (Phi) is 1.44. The molecule has 6 heteroatoms. The molecule has 0 radical (unpaired) electrons. The van der Waals surface area contributed by atoms with Gasteiger partial charge in [0.1, 0.15) is 19.0 Å². The zero-order valence-electron chi connectivity index (χ0n) is 6.12.